The zero-order valence-electron chi connectivity index (χ0n) is 14.6. The predicted molar refractivity (Wildman–Crippen MR) is 96.4 cm³/mol. The third kappa shape index (κ3) is 3.80. The maximum Gasteiger partial charge on any atom is 0.0945 e. The maximum atomic E-state index is 2.45. The Morgan fingerprint density at radius 1 is 1.05 bits per heavy atom. The van der Waals surface area contributed by atoms with Gasteiger partial charge in [0.2, 0.25) is 0 Å². The van der Waals surface area contributed by atoms with Crippen molar-refractivity contribution in [2.45, 2.75) is 46.7 Å². The summed E-state index contributed by atoms with van der Waals surface area (Å²) in [6.45, 7) is 17.0. The minimum absolute atomic E-state index is 0.00695. The molecule has 0 bridgehead atoms. The Bertz CT molecular complexity index is 520. The normalized spacial score (nSPS) is 16.7. The molecule has 0 aliphatic carbocycles. The first kappa shape index (κ1) is 16.4. The lowest BCUT2D eigenvalue weighted by molar-refractivity contribution is 0.469. The van der Waals surface area contributed by atoms with Crippen molar-refractivity contribution in [3.8, 4) is 0 Å². The minimum atomic E-state index is 0.00695. The van der Waals surface area contributed by atoms with Gasteiger partial charge in [0.1, 0.15) is 0 Å². The van der Waals surface area contributed by atoms with Gasteiger partial charge in [-0.3, -0.25) is 0 Å². The quantitative estimate of drug-likeness (QED) is 0.723. The van der Waals surface area contributed by atoms with Gasteiger partial charge in [0.15, 0.2) is 0 Å². The van der Waals surface area contributed by atoms with E-state index in [1.807, 2.05) is 0 Å². The SMILES string of the molecule is Cc1cc(C)c(N2C=CN(CP(C)C(C)(C)C)C2)c(C)c1. The van der Waals surface area contributed by atoms with Crippen molar-refractivity contribution in [1.82, 2.24) is 4.90 Å². The van der Waals surface area contributed by atoms with Gasteiger partial charge in [0.25, 0.3) is 0 Å². The number of aryl methyl sites for hydroxylation is 3. The Hall–Kier alpha value is -1.01. The third-order valence-electron chi connectivity index (χ3n) is 4.25. The van der Waals surface area contributed by atoms with Crippen molar-refractivity contribution in [2.24, 2.45) is 0 Å². The molecule has 2 nitrogen and oxygen atoms in total. The maximum absolute atomic E-state index is 2.45. The van der Waals surface area contributed by atoms with Crippen LogP contribution in [0.5, 0.6) is 0 Å². The van der Waals surface area contributed by atoms with Crippen LogP contribution in [-0.4, -0.2) is 29.7 Å². The number of benzene rings is 1. The van der Waals surface area contributed by atoms with E-state index in [9.17, 15) is 0 Å². The molecule has 0 saturated heterocycles. The molecule has 0 saturated carbocycles. The van der Waals surface area contributed by atoms with Crippen LogP contribution < -0.4 is 4.90 Å². The molecule has 21 heavy (non-hydrogen) atoms. The number of nitrogens with zero attached hydrogens (tertiary/aromatic N) is 2. The van der Waals surface area contributed by atoms with Gasteiger partial charge in [-0.1, -0.05) is 46.4 Å². The average molecular weight is 304 g/mol. The molecule has 116 valence electrons. The average Bonchev–Trinajstić information content (AvgIpc) is 2.74. The number of hydrogen-bond acceptors (Lipinski definition) is 2. The van der Waals surface area contributed by atoms with Crippen LogP contribution in [0.1, 0.15) is 37.5 Å². The zero-order valence-corrected chi connectivity index (χ0v) is 15.5. The second-order valence-corrected chi connectivity index (χ2v) is 10.3. The van der Waals surface area contributed by atoms with Gasteiger partial charge >= 0.3 is 0 Å². The monoisotopic (exact) mass is 304 g/mol. The fourth-order valence-corrected chi connectivity index (χ4v) is 3.96. The lowest BCUT2D eigenvalue weighted by atomic mass is 10.0. The van der Waals surface area contributed by atoms with E-state index >= 15 is 0 Å². The number of anilines is 1. The molecule has 0 radical (unpaired) electrons. The van der Waals surface area contributed by atoms with Crippen LogP contribution in [0.4, 0.5) is 5.69 Å². The van der Waals surface area contributed by atoms with E-state index in [1.165, 1.54) is 28.7 Å². The summed E-state index contributed by atoms with van der Waals surface area (Å²) >= 11 is 0. The highest BCUT2D eigenvalue weighted by molar-refractivity contribution is 7.58. The van der Waals surface area contributed by atoms with E-state index < -0.39 is 0 Å². The van der Waals surface area contributed by atoms with Gasteiger partial charge < -0.3 is 9.80 Å². The van der Waals surface area contributed by atoms with E-state index in [1.54, 1.807) is 0 Å². The predicted octanol–water partition coefficient (Wildman–Crippen LogP) is 5.03. The summed E-state index contributed by atoms with van der Waals surface area (Å²) in [6.07, 6.45) is 5.66. The Labute approximate surface area is 131 Å². The lowest BCUT2D eigenvalue weighted by Crippen LogP contribution is -2.28. The molecule has 0 aromatic heterocycles. The molecule has 1 aliphatic heterocycles. The van der Waals surface area contributed by atoms with Gasteiger partial charge in [-0.2, -0.15) is 0 Å². The summed E-state index contributed by atoms with van der Waals surface area (Å²) in [4.78, 5) is 4.84. The van der Waals surface area contributed by atoms with Crippen molar-refractivity contribution in [1.29, 1.82) is 0 Å². The molecule has 1 aromatic rings. The Morgan fingerprint density at radius 2 is 1.62 bits per heavy atom. The molecule has 0 fully saturated rings. The van der Waals surface area contributed by atoms with Gasteiger partial charge in [-0.05, 0) is 43.7 Å². The zero-order chi connectivity index (χ0) is 15.8. The summed E-state index contributed by atoms with van der Waals surface area (Å²) < 4.78 is 0. The first-order valence-corrected chi connectivity index (χ1v) is 9.64. The molecule has 1 unspecified atom stereocenters. The van der Waals surface area contributed by atoms with Crippen molar-refractivity contribution >= 4 is 13.6 Å². The summed E-state index contributed by atoms with van der Waals surface area (Å²) in [5, 5.41) is 0.423. The van der Waals surface area contributed by atoms with Crippen LogP contribution >= 0.6 is 7.92 Å². The van der Waals surface area contributed by atoms with Crippen LogP contribution in [0.25, 0.3) is 0 Å². The van der Waals surface area contributed by atoms with Gasteiger partial charge in [-0.25, -0.2) is 0 Å². The summed E-state index contributed by atoms with van der Waals surface area (Å²) in [5.74, 6) is 0. The summed E-state index contributed by atoms with van der Waals surface area (Å²) in [6, 6.07) is 4.56. The Kier molecular flexibility index (Phi) is 4.68. The molecule has 1 aromatic carbocycles. The van der Waals surface area contributed by atoms with E-state index in [-0.39, 0.29) is 7.92 Å². The smallest absolute Gasteiger partial charge is 0.0945 e. The van der Waals surface area contributed by atoms with E-state index in [2.05, 4.69) is 82.5 Å². The van der Waals surface area contributed by atoms with E-state index in [0.29, 0.717) is 5.16 Å². The van der Waals surface area contributed by atoms with E-state index in [4.69, 9.17) is 0 Å². The van der Waals surface area contributed by atoms with Crippen LogP contribution in [0.15, 0.2) is 24.5 Å². The second-order valence-electron chi connectivity index (χ2n) is 7.26. The first-order valence-electron chi connectivity index (χ1n) is 7.66. The number of hydrogen-bond donors (Lipinski definition) is 0. The lowest BCUT2D eigenvalue weighted by Gasteiger charge is -2.32. The minimum Gasteiger partial charge on any atom is -0.354 e. The molecule has 0 amide bonds. The van der Waals surface area contributed by atoms with Crippen molar-refractivity contribution in [3.63, 3.8) is 0 Å². The van der Waals surface area contributed by atoms with Crippen LogP contribution in [0.2, 0.25) is 0 Å². The summed E-state index contributed by atoms with van der Waals surface area (Å²) in [5.41, 5.74) is 5.45. The highest BCUT2D eigenvalue weighted by Crippen LogP contribution is 2.46. The Balaban J connectivity index is 2.09. The van der Waals surface area contributed by atoms with E-state index in [0.717, 1.165) is 6.67 Å². The van der Waals surface area contributed by atoms with Crippen LogP contribution in [0.3, 0.4) is 0 Å². The van der Waals surface area contributed by atoms with Gasteiger partial charge in [-0.15, -0.1) is 0 Å². The first-order chi connectivity index (χ1) is 9.68. The number of rotatable bonds is 3. The van der Waals surface area contributed by atoms with Crippen molar-refractivity contribution in [3.05, 3.63) is 41.2 Å². The molecule has 3 heteroatoms. The standard InChI is InChI=1S/C18H29N2P/c1-14-10-15(2)17(16(3)11-14)20-9-8-19(12-20)13-21(7)18(4,5)6/h8-11H,12-13H2,1-7H3. The van der Waals surface area contributed by atoms with Crippen molar-refractivity contribution < 1.29 is 0 Å². The fraction of sp³-hybridized carbons (Fsp3) is 0.556. The molecule has 2 rings (SSSR count). The molecule has 1 aliphatic rings. The topological polar surface area (TPSA) is 6.48 Å². The van der Waals surface area contributed by atoms with Crippen molar-refractivity contribution in [2.75, 3.05) is 24.5 Å². The molecular weight excluding hydrogens is 275 g/mol. The highest BCUT2D eigenvalue weighted by atomic mass is 31.1. The largest absolute Gasteiger partial charge is 0.354 e. The van der Waals surface area contributed by atoms with Crippen LogP contribution in [0, 0.1) is 20.8 Å². The molecule has 0 N–H and O–H groups in total. The van der Waals surface area contributed by atoms with Gasteiger partial charge in [0, 0.05) is 24.4 Å². The second kappa shape index (κ2) is 6.01. The summed E-state index contributed by atoms with van der Waals surface area (Å²) in [7, 11) is 0.00695. The third-order valence-corrected chi connectivity index (χ3v) is 7.33. The Morgan fingerprint density at radius 3 is 2.14 bits per heavy atom. The fourth-order valence-electron chi connectivity index (χ4n) is 2.81. The highest BCUT2D eigenvalue weighted by Gasteiger charge is 2.24. The van der Waals surface area contributed by atoms with Gasteiger partial charge in [0.05, 0.1) is 6.67 Å². The molecule has 1 heterocycles. The molecular formula is C18H29N2P. The molecule has 1 atom stereocenters. The van der Waals surface area contributed by atoms with Crippen LogP contribution in [-0.2, 0) is 0 Å². The molecule has 0 spiro atoms.